The Morgan fingerprint density at radius 1 is 1.06 bits per heavy atom. The van der Waals surface area contributed by atoms with E-state index in [2.05, 4.69) is 20.9 Å². The molecule has 0 saturated heterocycles. The summed E-state index contributed by atoms with van der Waals surface area (Å²) in [6.07, 6.45) is 5.24. The Labute approximate surface area is 202 Å². The van der Waals surface area contributed by atoms with E-state index >= 15 is 0 Å². The first-order valence-electron chi connectivity index (χ1n) is 11.1. The van der Waals surface area contributed by atoms with Crippen LogP contribution >= 0.6 is 11.3 Å². The molecule has 0 spiro atoms. The second-order valence-electron chi connectivity index (χ2n) is 8.27. The summed E-state index contributed by atoms with van der Waals surface area (Å²) in [5.41, 5.74) is 4.14. The molecule has 34 heavy (non-hydrogen) atoms. The van der Waals surface area contributed by atoms with Gasteiger partial charge in [0.25, 0.3) is 5.91 Å². The largest absolute Gasteiger partial charge is 0.350 e. The SMILES string of the molecule is CC(=O)NC(C)c1ccc(-c2csc(NC(=O)/C=C/c3ccc(C(=O)NC4CC4)cc3)n2)cc1. The van der Waals surface area contributed by atoms with Gasteiger partial charge in [0.2, 0.25) is 11.8 Å². The molecule has 0 radical (unpaired) electrons. The van der Waals surface area contributed by atoms with Crippen molar-refractivity contribution >= 4 is 40.3 Å². The molecule has 1 aromatic heterocycles. The number of nitrogens with zero attached hydrogens (tertiary/aromatic N) is 1. The van der Waals surface area contributed by atoms with Crippen LogP contribution in [0.25, 0.3) is 17.3 Å². The number of carbonyl (C=O) groups excluding carboxylic acids is 3. The highest BCUT2D eigenvalue weighted by atomic mass is 32.1. The lowest BCUT2D eigenvalue weighted by molar-refractivity contribution is -0.119. The van der Waals surface area contributed by atoms with Crippen molar-refractivity contribution in [1.29, 1.82) is 0 Å². The van der Waals surface area contributed by atoms with Crippen LogP contribution < -0.4 is 16.0 Å². The highest BCUT2D eigenvalue weighted by Crippen LogP contribution is 2.26. The first-order chi connectivity index (χ1) is 16.4. The van der Waals surface area contributed by atoms with Gasteiger partial charge in [0.05, 0.1) is 11.7 Å². The van der Waals surface area contributed by atoms with Crippen molar-refractivity contribution < 1.29 is 14.4 Å². The average Bonchev–Trinajstić information content (AvgIpc) is 3.52. The first kappa shape index (κ1) is 23.4. The molecule has 1 heterocycles. The van der Waals surface area contributed by atoms with Gasteiger partial charge in [0, 0.05) is 35.5 Å². The number of amides is 3. The molecule has 0 aliphatic heterocycles. The Bertz CT molecular complexity index is 1210. The summed E-state index contributed by atoms with van der Waals surface area (Å²) in [7, 11) is 0. The van der Waals surface area contributed by atoms with Crippen molar-refractivity contribution in [3.05, 3.63) is 76.7 Å². The van der Waals surface area contributed by atoms with Crippen LogP contribution in [0.15, 0.2) is 60.0 Å². The highest BCUT2D eigenvalue weighted by molar-refractivity contribution is 7.14. The Morgan fingerprint density at radius 2 is 1.76 bits per heavy atom. The van der Waals surface area contributed by atoms with Gasteiger partial charge in [-0.1, -0.05) is 36.4 Å². The molecule has 1 unspecified atom stereocenters. The van der Waals surface area contributed by atoms with E-state index in [1.54, 1.807) is 18.2 Å². The number of benzene rings is 2. The van der Waals surface area contributed by atoms with E-state index in [0.717, 1.165) is 35.2 Å². The third kappa shape index (κ3) is 6.39. The Hall–Kier alpha value is -3.78. The van der Waals surface area contributed by atoms with Crippen LogP contribution in [0, 0.1) is 0 Å². The summed E-state index contributed by atoms with van der Waals surface area (Å²) in [5, 5.41) is 11.0. The van der Waals surface area contributed by atoms with Gasteiger partial charge in [-0.05, 0) is 49.1 Å². The summed E-state index contributed by atoms with van der Waals surface area (Å²) in [6.45, 7) is 3.43. The quantitative estimate of drug-likeness (QED) is 0.417. The Morgan fingerprint density at radius 3 is 2.41 bits per heavy atom. The predicted octanol–water partition coefficient (Wildman–Crippen LogP) is 4.55. The maximum absolute atomic E-state index is 12.3. The molecule has 1 saturated carbocycles. The topological polar surface area (TPSA) is 100 Å². The van der Waals surface area contributed by atoms with Gasteiger partial charge >= 0.3 is 0 Å². The van der Waals surface area contributed by atoms with Gasteiger partial charge in [-0.2, -0.15) is 0 Å². The molecule has 3 N–H and O–H groups in total. The van der Waals surface area contributed by atoms with Crippen LogP contribution in [0.1, 0.15) is 54.2 Å². The fraction of sp³-hybridized carbons (Fsp3) is 0.231. The van der Waals surface area contributed by atoms with Crippen LogP contribution in [-0.2, 0) is 9.59 Å². The Balaban J connectivity index is 1.32. The van der Waals surface area contributed by atoms with Crippen LogP contribution in [0.2, 0.25) is 0 Å². The molecule has 1 aliphatic rings. The van der Waals surface area contributed by atoms with Gasteiger partial charge in [0.1, 0.15) is 0 Å². The van der Waals surface area contributed by atoms with E-state index in [-0.39, 0.29) is 23.8 Å². The Kier molecular flexibility index (Phi) is 7.18. The normalized spacial score (nSPS) is 13.9. The molecule has 7 nitrogen and oxygen atoms in total. The molecule has 0 bridgehead atoms. The van der Waals surface area contributed by atoms with Crippen LogP contribution in [0.3, 0.4) is 0 Å². The lowest BCUT2D eigenvalue weighted by Gasteiger charge is -2.12. The number of thiazole rings is 1. The molecule has 3 amide bonds. The summed E-state index contributed by atoms with van der Waals surface area (Å²) >= 11 is 1.35. The van der Waals surface area contributed by atoms with E-state index in [9.17, 15) is 14.4 Å². The number of nitrogens with one attached hydrogen (secondary N) is 3. The maximum Gasteiger partial charge on any atom is 0.251 e. The fourth-order valence-electron chi connectivity index (χ4n) is 3.36. The molecular weight excluding hydrogens is 448 g/mol. The zero-order chi connectivity index (χ0) is 24.1. The van der Waals surface area contributed by atoms with Gasteiger partial charge in [-0.15, -0.1) is 11.3 Å². The van der Waals surface area contributed by atoms with Gasteiger partial charge < -0.3 is 10.6 Å². The highest BCUT2D eigenvalue weighted by Gasteiger charge is 2.23. The van der Waals surface area contributed by atoms with Crippen molar-refractivity contribution in [3.8, 4) is 11.3 Å². The monoisotopic (exact) mass is 474 g/mol. The minimum absolute atomic E-state index is 0.0628. The second-order valence-corrected chi connectivity index (χ2v) is 9.13. The van der Waals surface area contributed by atoms with Gasteiger partial charge in [-0.3, -0.25) is 19.7 Å². The molecule has 1 fully saturated rings. The molecule has 1 aliphatic carbocycles. The lowest BCUT2D eigenvalue weighted by Crippen LogP contribution is -2.25. The third-order valence-electron chi connectivity index (χ3n) is 5.37. The smallest absolute Gasteiger partial charge is 0.251 e. The predicted molar refractivity (Wildman–Crippen MR) is 134 cm³/mol. The van der Waals surface area contributed by atoms with Crippen molar-refractivity contribution in [2.24, 2.45) is 0 Å². The van der Waals surface area contributed by atoms with Crippen LogP contribution in [0.4, 0.5) is 5.13 Å². The number of anilines is 1. The number of hydrogen-bond acceptors (Lipinski definition) is 5. The number of aromatic nitrogens is 1. The molecule has 8 heteroatoms. The van der Waals surface area contributed by atoms with Crippen molar-refractivity contribution in [2.75, 3.05) is 5.32 Å². The van der Waals surface area contributed by atoms with Crippen LogP contribution in [-0.4, -0.2) is 28.7 Å². The maximum atomic E-state index is 12.3. The zero-order valence-corrected chi connectivity index (χ0v) is 19.8. The van der Waals surface area contributed by atoms with Gasteiger partial charge in [-0.25, -0.2) is 4.98 Å². The first-order valence-corrected chi connectivity index (χ1v) is 12.0. The zero-order valence-electron chi connectivity index (χ0n) is 19.0. The number of carbonyl (C=O) groups is 3. The molecular formula is C26H26N4O3S. The summed E-state index contributed by atoms with van der Waals surface area (Å²) in [6, 6.07) is 15.2. The van der Waals surface area contributed by atoms with Gasteiger partial charge in [0.15, 0.2) is 5.13 Å². The van der Waals surface area contributed by atoms with E-state index in [4.69, 9.17) is 0 Å². The summed E-state index contributed by atoms with van der Waals surface area (Å²) in [4.78, 5) is 40.1. The summed E-state index contributed by atoms with van der Waals surface area (Å²) in [5.74, 6) is -0.415. The minimum Gasteiger partial charge on any atom is -0.350 e. The molecule has 174 valence electrons. The molecule has 3 aromatic rings. The van der Waals surface area contributed by atoms with E-state index < -0.39 is 0 Å². The van der Waals surface area contributed by atoms with Crippen LogP contribution in [0.5, 0.6) is 0 Å². The standard InChI is InChI=1S/C26H26N4O3S/c1-16(27-17(2)31)19-8-10-20(11-9-19)23-15-34-26(29-23)30-24(32)14-5-18-3-6-21(7-4-18)25(33)28-22-12-13-22/h3-11,14-16,22H,12-13H2,1-2H3,(H,27,31)(H,28,33)(H,29,30,32)/b14-5+. The van der Waals surface area contributed by atoms with Crippen molar-refractivity contribution in [2.45, 2.75) is 38.8 Å². The fourth-order valence-corrected chi connectivity index (χ4v) is 4.08. The lowest BCUT2D eigenvalue weighted by atomic mass is 10.1. The summed E-state index contributed by atoms with van der Waals surface area (Å²) < 4.78 is 0. The second kappa shape index (κ2) is 10.4. The van der Waals surface area contributed by atoms with E-state index in [1.807, 2.05) is 48.7 Å². The molecule has 1 atom stereocenters. The van der Waals surface area contributed by atoms with Crippen molar-refractivity contribution in [3.63, 3.8) is 0 Å². The number of rotatable bonds is 8. The minimum atomic E-state index is -0.282. The van der Waals surface area contributed by atoms with E-state index in [0.29, 0.717) is 16.7 Å². The molecule has 4 rings (SSSR count). The van der Waals surface area contributed by atoms with Crippen molar-refractivity contribution in [1.82, 2.24) is 15.6 Å². The average molecular weight is 475 g/mol. The molecule has 2 aromatic carbocycles. The number of hydrogen-bond donors (Lipinski definition) is 3. The third-order valence-corrected chi connectivity index (χ3v) is 6.13. The van der Waals surface area contributed by atoms with E-state index in [1.165, 1.54) is 24.3 Å².